The fourth-order valence-electron chi connectivity index (χ4n) is 2.37. The number of rotatable bonds is 1. The van der Waals surface area contributed by atoms with Crippen LogP contribution in [0.1, 0.15) is 17.2 Å². The minimum atomic E-state index is -0.407. The first kappa shape index (κ1) is 9.54. The van der Waals surface area contributed by atoms with Crippen molar-refractivity contribution >= 4 is 17.2 Å². The van der Waals surface area contributed by atoms with Gasteiger partial charge in [-0.1, -0.05) is 0 Å². The second-order valence-electron chi connectivity index (χ2n) is 4.05. The van der Waals surface area contributed by atoms with Crippen LogP contribution >= 0.6 is 0 Å². The molecule has 2 N–H and O–H groups in total. The Morgan fingerprint density at radius 2 is 2.31 bits per heavy atom. The van der Waals surface area contributed by atoms with E-state index in [0.29, 0.717) is 0 Å². The van der Waals surface area contributed by atoms with Gasteiger partial charge in [0.15, 0.2) is 0 Å². The summed E-state index contributed by atoms with van der Waals surface area (Å²) in [6, 6.07) is 2.50. The standard InChI is InChI=1S/C12H11FN2O/c13-8-3-9-11(6-16)14-2-1-7-5-15-10(4-8)12(7)9/h3-6,11,14-15H,1-2H2. The van der Waals surface area contributed by atoms with Crippen molar-refractivity contribution < 1.29 is 9.18 Å². The van der Waals surface area contributed by atoms with Crippen molar-refractivity contribution in [3.63, 3.8) is 0 Å². The highest BCUT2D eigenvalue weighted by Gasteiger charge is 2.20. The van der Waals surface area contributed by atoms with Crippen LogP contribution < -0.4 is 5.32 Å². The monoisotopic (exact) mass is 218 g/mol. The van der Waals surface area contributed by atoms with Crippen molar-refractivity contribution in [3.05, 3.63) is 35.3 Å². The molecule has 3 rings (SSSR count). The third kappa shape index (κ3) is 1.27. The molecule has 1 aromatic heterocycles. The van der Waals surface area contributed by atoms with E-state index in [1.807, 2.05) is 6.20 Å². The average molecular weight is 218 g/mol. The van der Waals surface area contributed by atoms with Crippen LogP contribution in [0.15, 0.2) is 18.3 Å². The number of aromatic nitrogens is 1. The lowest BCUT2D eigenvalue weighted by molar-refractivity contribution is -0.109. The molecule has 0 amide bonds. The SMILES string of the molecule is O=CC1NCCc2c[nH]c3cc(F)cc1c23. The summed E-state index contributed by atoms with van der Waals surface area (Å²) in [6.45, 7) is 0.729. The number of halogens is 1. The molecule has 1 unspecified atom stereocenters. The van der Waals surface area contributed by atoms with Crippen LogP contribution in [0.5, 0.6) is 0 Å². The maximum absolute atomic E-state index is 13.4. The molecule has 16 heavy (non-hydrogen) atoms. The van der Waals surface area contributed by atoms with Gasteiger partial charge in [0.05, 0.1) is 6.04 Å². The molecule has 82 valence electrons. The first-order chi connectivity index (χ1) is 7.79. The summed E-state index contributed by atoms with van der Waals surface area (Å²) in [5, 5.41) is 4.09. The molecular formula is C12H11FN2O. The summed E-state index contributed by atoms with van der Waals surface area (Å²) in [5.41, 5.74) is 2.64. The molecule has 2 aromatic rings. The van der Waals surface area contributed by atoms with Crippen molar-refractivity contribution in [1.82, 2.24) is 10.3 Å². The number of H-pyrrole nitrogens is 1. The molecule has 0 saturated carbocycles. The maximum Gasteiger partial charge on any atom is 0.141 e. The minimum absolute atomic E-state index is 0.313. The predicted octanol–water partition coefficient (Wildman–Crippen LogP) is 1.69. The number of aromatic amines is 1. The van der Waals surface area contributed by atoms with Gasteiger partial charge in [-0.25, -0.2) is 4.39 Å². The van der Waals surface area contributed by atoms with Crippen LogP contribution in [0.2, 0.25) is 0 Å². The molecule has 0 fully saturated rings. The molecule has 1 atom stereocenters. The number of hydrogen-bond donors (Lipinski definition) is 2. The van der Waals surface area contributed by atoms with Crippen molar-refractivity contribution in [2.24, 2.45) is 0 Å². The van der Waals surface area contributed by atoms with Crippen molar-refractivity contribution in [2.75, 3.05) is 6.54 Å². The topological polar surface area (TPSA) is 44.9 Å². The molecule has 0 bridgehead atoms. The molecule has 0 aliphatic carbocycles. The number of hydrogen-bond acceptors (Lipinski definition) is 2. The van der Waals surface area contributed by atoms with Crippen molar-refractivity contribution in [2.45, 2.75) is 12.5 Å². The smallest absolute Gasteiger partial charge is 0.141 e. The van der Waals surface area contributed by atoms with Gasteiger partial charge in [-0.05, 0) is 29.7 Å². The van der Waals surface area contributed by atoms with Crippen LogP contribution in [0.25, 0.3) is 10.9 Å². The number of benzene rings is 1. The Morgan fingerprint density at radius 3 is 3.12 bits per heavy atom. The summed E-state index contributed by atoms with van der Waals surface area (Å²) in [4.78, 5) is 14.0. The molecule has 2 heterocycles. The second kappa shape index (κ2) is 3.42. The van der Waals surface area contributed by atoms with Crippen LogP contribution in [-0.2, 0) is 11.2 Å². The van der Waals surface area contributed by atoms with Crippen LogP contribution in [0.4, 0.5) is 4.39 Å². The molecule has 1 aliphatic heterocycles. The average Bonchev–Trinajstić information content (AvgIpc) is 2.57. The van der Waals surface area contributed by atoms with Crippen molar-refractivity contribution in [3.8, 4) is 0 Å². The Labute approximate surface area is 91.7 Å². The number of nitrogens with one attached hydrogen (secondary N) is 2. The van der Waals surface area contributed by atoms with Crippen LogP contribution in [0, 0.1) is 5.82 Å². The Kier molecular flexibility index (Phi) is 2.04. The molecule has 1 aliphatic rings. The van der Waals surface area contributed by atoms with Gasteiger partial charge in [0.2, 0.25) is 0 Å². The highest BCUT2D eigenvalue weighted by Crippen LogP contribution is 2.30. The molecule has 3 nitrogen and oxygen atoms in total. The Bertz CT molecular complexity index is 561. The molecule has 1 aromatic carbocycles. The van der Waals surface area contributed by atoms with Gasteiger partial charge >= 0.3 is 0 Å². The number of carbonyl (C=O) groups is 1. The van der Waals surface area contributed by atoms with Gasteiger partial charge in [0, 0.05) is 23.6 Å². The zero-order valence-electron chi connectivity index (χ0n) is 8.59. The van der Waals surface area contributed by atoms with Gasteiger partial charge in [0.25, 0.3) is 0 Å². The van der Waals surface area contributed by atoms with Gasteiger partial charge in [-0.3, -0.25) is 0 Å². The largest absolute Gasteiger partial charge is 0.361 e. The second-order valence-corrected chi connectivity index (χ2v) is 4.05. The summed E-state index contributed by atoms with van der Waals surface area (Å²) >= 11 is 0. The lowest BCUT2D eigenvalue weighted by Gasteiger charge is -2.11. The Hall–Kier alpha value is -1.68. The van der Waals surface area contributed by atoms with Crippen LogP contribution in [0.3, 0.4) is 0 Å². The molecule has 0 radical (unpaired) electrons. The quantitative estimate of drug-likeness (QED) is 0.715. The van der Waals surface area contributed by atoms with Gasteiger partial charge in [-0.15, -0.1) is 0 Å². The van der Waals surface area contributed by atoms with E-state index in [1.165, 1.54) is 12.1 Å². The van der Waals surface area contributed by atoms with Gasteiger partial charge in [0.1, 0.15) is 12.1 Å². The fourth-order valence-corrected chi connectivity index (χ4v) is 2.37. The van der Waals surface area contributed by atoms with Crippen molar-refractivity contribution in [1.29, 1.82) is 0 Å². The highest BCUT2D eigenvalue weighted by molar-refractivity contribution is 5.90. The molecule has 4 heteroatoms. The number of carbonyl (C=O) groups excluding carboxylic acids is 1. The van der Waals surface area contributed by atoms with Gasteiger partial charge < -0.3 is 15.1 Å². The third-order valence-corrected chi connectivity index (χ3v) is 3.09. The van der Waals surface area contributed by atoms with E-state index in [1.54, 1.807) is 0 Å². The normalized spacial score (nSPS) is 19.7. The lowest BCUT2D eigenvalue weighted by atomic mass is 10.0. The van der Waals surface area contributed by atoms with E-state index in [4.69, 9.17) is 0 Å². The molecule has 0 spiro atoms. The van der Waals surface area contributed by atoms with Gasteiger partial charge in [-0.2, -0.15) is 0 Å². The highest BCUT2D eigenvalue weighted by atomic mass is 19.1. The first-order valence-electron chi connectivity index (χ1n) is 5.27. The molecule has 0 saturated heterocycles. The molecular weight excluding hydrogens is 207 g/mol. The number of aldehydes is 1. The Balaban J connectivity index is 2.37. The van der Waals surface area contributed by atoms with E-state index in [9.17, 15) is 9.18 Å². The van der Waals surface area contributed by atoms with E-state index in [2.05, 4.69) is 10.3 Å². The summed E-state index contributed by atoms with van der Waals surface area (Å²) in [5.74, 6) is -0.313. The van der Waals surface area contributed by atoms with E-state index < -0.39 is 6.04 Å². The third-order valence-electron chi connectivity index (χ3n) is 3.09. The van der Waals surface area contributed by atoms with E-state index >= 15 is 0 Å². The predicted molar refractivity (Wildman–Crippen MR) is 58.8 cm³/mol. The summed E-state index contributed by atoms with van der Waals surface area (Å²) < 4.78 is 13.4. The van der Waals surface area contributed by atoms with E-state index in [0.717, 1.165) is 41.3 Å². The summed E-state index contributed by atoms with van der Waals surface area (Å²) in [6.07, 6.45) is 3.57. The van der Waals surface area contributed by atoms with Crippen LogP contribution in [-0.4, -0.2) is 17.8 Å². The lowest BCUT2D eigenvalue weighted by Crippen LogP contribution is -2.23. The zero-order valence-corrected chi connectivity index (χ0v) is 8.59. The maximum atomic E-state index is 13.4. The minimum Gasteiger partial charge on any atom is -0.361 e. The fraction of sp³-hybridized carbons (Fsp3) is 0.250. The Morgan fingerprint density at radius 1 is 1.44 bits per heavy atom. The zero-order chi connectivity index (χ0) is 11.1. The van der Waals surface area contributed by atoms with E-state index in [-0.39, 0.29) is 5.82 Å². The summed E-state index contributed by atoms with van der Waals surface area (Å²) in [7, 11) is 0. The first-order valence-corrected chi connectivity index (χ1v) is 5.27.